The van der Waals surface area contributed by atoms with Gasteiger partial charge >= 0.3 is 59.2 Å². The Labute approximate surface area is 58.6 Å². The van der Waals surface area contributed by atoms with Gasteiger partial charge in [0.2, 0.25) is 0 Å². The van der Waals surface area contributed by atoms with Crippen molar-refractivity contribution in [2.24, 2.45) is 0 Å². The van der Waals surface area contributed by atoms with Gasteiger partial charge in [0.1, 0.15) is 0 Å². The molecular formula is H3Cl2CuIn. The van der Waals surface area contributed by atoms with Crippen molar-refractivity contribution < 1.29 is 13.1 Å². The van der Waals surface area contributed by atoms with Crippen LogP contribution < -0.4 is 0 Å². The van der Waals surface area contributed by atoms with E-state index in [4.69, 9.17) is 0 Å². The average Bonchev–Trinajstić information content (AvgIpc) is 0.918. The van der Waals surface area contributed by atoms with Crippen molar-refractivity contribution in [3.8, 4) is 0 Å². The predicted octanol–water partition coefficient (Wildman–Crippen LogP) is 0.193. The fourth-order valence-corrected chi connectivity index (χ4v) is 0. The van der Waals surface area contributed by atoms with Gasteiger partial charge in [-0.3, -0.25) is 0 Å². The Hall–Kier alpha value is 1.97. The van der Waals surface area contributed by atoms with Crippen LogP contribution in [0.4, 0.5) is 0 Å². The molecule has 0 unspecified atom stereocenters. The molecule has 0 N–H and O–H groups in total. The van der Waals surface area contributed by atoms with Crippen LogP contribution in [0.15, 0.2) is 0 Å². The van der Waals surface area contributed by atoms with Gasteiger partial charge in [0.05, 0.1) is 0 Å². The summed E-state index contributed by atoms with van der Waals surface area (Å²) in [6.07, 6.45) is 0. The third-order valence-electron chi connectivity index (χ3n) is 0. The Balaban J connectivity index is 0. The van der Waals surface area contributed by atoms with Gasteiger partial charge in [-0.05, 0) is 0 Å². The second-order valence-corrected chi connectivity index (χ2v) is 1.60. The van der Waals surface area contributed by atoms with Gasteiger partial charge in [0.25, 0.3) is 0 Å². The number of hydrogen-bond donors (Lipinski definition) is 0. The first kappa shape index (κ1) is 9.36. The molecule has 0 aromatic rings. The Morgan fingerprint density at radius 1 is 1.25 bits per heavy atom. The molecule has 0 atom stereocenters. The van der Waals surface area contributed by atoms with E-state index in [-0.39, 0.29) is 25.8 Å². The standard InChI is InChI=1S/2ClH.Cu.In.3H/h2*1H;;;;;/q;;+2;;;;/p-2. The molecule has 0 bridgehead atoms. The summed E-state index contributed by atoms with van der Waals surface area (Å²) in [4.78, 5) is 0. The molecule has 0 amide bonds. The van der Waals surface area contributed by atoms with Crippen LogP contribution in [0.5, 0.6) is 0 Å². The van der Waals surface area contributed by atoms with Crippen LogP contribution in [0, 0.1) is 0 Å². The van der Waals surface area contributed by atoms with Crippen molar-refractivity contribution in [1.29, 1.82) is 0 Å². The van der Waals surface area contributed by atoms with Gasteiger partial charge in [-0.2, -0.15) is 0 Å². The van der Waals surface area contributed by atoms with E-state index in [1.807, 2.05) is 0 Å². The molecule has 0 aliphatic carbocycles. The first-order valence-corrected chi connectivity index (χ1v) is 2.82. The van der Waals surface area contributed by atoms with E-state index in [0.29, 0.717) is 0 Å². The molecule has 31 valence electrons. The first-order valence-electron chi connectivity index (χ1n) is 0.228. The van der Waals surface area contributed by atoms with Crippen molar-refractivity contribution in [1.82, 2.24) is 0 Å². The van der Waals surface area contributed by atoms with Crippen LogP contribution in [0.25, 0.3) is 0 Å². The Morgan fingerprint density at radius 2 is 1.25 bits per heavy atom. The molecule has 0 aromatic carbocycles. The average molecular weight is 252 g/mol. The van der Waals surface area contributed by atoms with Gasteiger partial charge < -0.3 is 0 Å². The third kappa shape index (κ3) is 9.02. The summed E-state index contributed by atoms with van der Waals surface area (Å²) in [5, 5.41) is 0. The van der Waals surface area contributed by atoms with Crippen LogP contribution in [0.1, 0.15) is 0 Å². The van der Waals surface area contributed by atoms with Crippen LogP contribution in [-0.2, 0) is 13.1 Å². The van der Waals surface area contributed by atoms with E-state index >= 15 is 0 Å². The maximum absolute atomic E-state index is 4.67. The van der Waals surface area contributed by atoms with Crippen molar-refractivity contribution in [3.05, 3.63) is 0 Å². The number of halogens is 2. The van der Waals surface area contributed by atoms with Gasteiger partial charge in [-0.1, -0.05) is 0 Å². The molecule has 0 radical (unpaired) electrons. The van der Waals surface area contributed by atoms with Crippen LogP contribution in [-0.4, -0.2) is 25.8 Å². The van der Waals surface area contributed by atoms with Crippen molar-refractivity contribution in [2.45, 2.75) is 0 Å². The van der Waals surface area contributed by atoms with Crippen LogP contribution in [0.2, 0.25) is 0 Å². The maximum atomic E-state index is 4.67. The summed E-state index contributed by atoms with van der Waals surface area (Å²) in [7, 11) is 9.34. The Morgan fingerprint density at radius 3 is 1.25 bits per heavy atom. The summed E-state index contributed by atoms with van der Waals surface area (Å²) in [5.41, 5.74) is 0. The van der Waals surface area contributed by atoms with E-state index in [1.165, 1.54) is 0 Å². The van der Waals surface area contributed by atoms with E-state index in [0.717, 1.165) is 13.1 Å². The summed E-state index contributed by atoms with van der Waals surface area (Å²) < 4.78 is 0. The molecular weight excluding hydrogens is 249 g/mol. The molecule has 0 fully saturated rings. The monoisotopic (exact) mass is 251 g/mol. The van der Waals surface area contributed by atoms with Crippen LogP contribution >= 0.6 is 20.2 Å². The zero-order valence-electron chi connectivity index (χ0n) is 1.06. The molecule has 4 heteroatoms. The third-order valence-corrected chi connectivity index (χ3v) is 0. The summed E-state index contributed by atoms with van der Waals surface area (Å²) >= 11 is 0.757. The Bertz CT molecular complexity index is 6.00. The summed E-state index contributed by atoms with van der Waals surface area (Å²) in [5.74, 6) is 0. The van der Waals surface area contributed by atoms with Gasteiger partial charge in [0, 0.05) is 0 Å². The summed E-state index contributed by atoms with van der Waals surface area (Å²) in [6, 6.07) is 0. The molecule has 0 aliphatic rings. The minimum atomic E-state index is 0. The molecule has 0 spiro atoms. The normalized spacial score (nSPS) is 5.50. The fourth-order valence-electron chi connectivity index (χ4n) is 0. The zero-order valence-corrected chi connectivity index (χ0v) is 3.51. The van der Waals surface area contributed by atoms with E-state index in [9.17, 15) is 0 Å². The zero-order chi connectivity index (χ0) is 2.71. The van der Waals surface area contributed by atoms with Gasteiger partial charge in [-0.15, -0.1) is 0 Å². The number of hydrogen-bond acceptors (Lipinski definition) is 0. The molecule has 0 heterocycles. The second kappa shape index (κ2) is 8.88. The van der Waals surface area contributed by atoms with E-state index in [1.54, 1.807) is 0 Å². The fraction of sp³-hybridized carbons (Fsp3) is 0. The van der Waals surface area contributed by atoms with Gasteiger partial charge in [0.15, 0.2) is 0 Å². The topological polar surface area (TPSA) is 0 Å². The van der Waals surface area contributed by atoms with Crippen molar-refractivity contribution >= 4 is 46.0 Å². The molecule has 0 aliphatic heterocycles. The van der Waals surface area contributed by atoms with E-state index in [2.05, 4.69) is 20.2 Å². The quantitative estimate of drug-likeness (QED) is 0.540. The first-order chi connectivity index (χ1) is 1.41. The molecule has 0 saturated carbocycles. The predicted molar refractivity (Wildman–Crippen MR) is 21.6 cm³/mol. The molecule has 0 nitrogen and oxygen atoms in total. The number of rotatable bonds is 0. The molecule has 0 rings (SSSR count). The SMILES string of the molecule is [Cl][Cu][Cl].[InH3]. The molecule has 4 heavy (non-hydrogen) atoms. The Kier molecular flexibility index (Phi) is 20.8. The van der Waals surface area contributed by atoms with Gasteiger partial charge in [-0.25, -0.2) is 0 Å². The molecule has 0 saturated heterocycles. The van der Waals surface area contributed by atoms with Crippen molar-refractivity contribution in [3.63, 3.8) is 0 Å². The summed E-state index contributed by atoms with van der Waals surface area (Å²) in [6.45, 7) is 0. The van der Waals surface area contributed by atoms with E-state index < -0.39 is 0 Å². The second-order valence-electron chi connectivity index (χ2n) is 0.0431. The molecule has 0 aromatic heterocycles. The minimum absolute atomic E-state index is 0. The van der Waals surface area contributed by atoms with Crippen LogP contribution in [0.3, 0.4) is 0 Å². The van der Waals surface area contributed by atoms with Crippen molar-refractivity contribution in [2.75, 3.05) is 0 Å².